The smallest absolute Gasteiger partial charge is 0.252 e. The summed E-state index contributed by atoms with van der Waals surface area (Å²) < 4.78 is 6.02. The summed E-state index contributed by atoms with van der Waals surface area (Å²) in [6.07, 6.45) is 2.19. The van der Waals surface area contributed by atoms with Crippen molar-refractivity contribution in [2.24, 2.45) is 5.10 Å². The van der Waals surface area contributed by atoms with Crippen LogP contribution in [-0.4, -0.2) is 36.3 Å². The highest BCUT2D eigenvalue weighted by atomic mass is 79.9. The number of hydrazone groups is 1. The molecular formula is C20H22BrN3O4. The van der Waals surface area contributed by atoms with Crippen molar-refractivity contribution in [1.29, 1.82) is 0 Å². The molecule has 0 aliphatic rings. The number of halogens is 1. The fourth-order valence-electron chi connectivity index (χ4n) is 2.31. The Bertz CT molecular complexity index is 855. The van der Waals surface area contributed by atoms with E-state index in [0.717, 1.165) is 4.47 Å². The van der Waals surface area contributed by atoms with E-state index in [9.17, 15) is 14.7 Å². The molecule has 2 aromatic rings. The molecule has 0 fully saturated rings. The van der Waals surface area contributed by atoms with Gasteiger partial charge in [-0.05, 0) is 65.2 Å². The van der Waals surface area contributed by atoms with E-state index in [1.165, 1.54) is 12.3 Å². The van der Waals surface area contributed by atoms with Crippen LogP contribution in [0.2, 0.25) is 0 Å². The largest absolute Gasteiger partial charge is 0.504 e. The number of phenols is 1. The first kappa shape index (κ1) is 21.4. The number of carbonyl (C=O) groups is 2. The van der Waals surface area contributed by atoms with Crippen LogP contribution >= 0.6 is 15.9 Å². The number of carbonyl (C=O) groups excluding carboxylic acids is 2. The number of aromatic hydroxyl groups is 1. The van der Waals surface area contributed by atoms with Gasteiger partial charge in [0.25, 0.3) is 5.91 Å². The summed E-state index contributed by atoms with van der Waals surface area (Å²) in [6, 6.07) is 11.9. The summed E-state index contributed by atoms with van der Waals surface area (Å²) in [6.45, 7) is 2.64. The number of amides is 2. The van der Waals surface area contributed by atoms with Gasteiger partial charge in [0, 0.05) is 17.4 Å². The van der Waals surface area contributed by atoms with Gasteiger partial charge >= 0.3 is 0 Å². The van der Waals surface area contributed by atoms with Crippen molar-refractivity contribution >= 4 is 34.0 Å². The number of hydrogen-bond acceptors (Lipinski definition) is 5. The number of hydrogen-bond donors (Lipinski definition) is 3. The highest BCUT2D eigenvalue weighted by molar-refractivity contribution is 9.10. The first-order valence-electron chi connectivity index (χ1n) is 8.81. The van der Waals surface area contributed by atoms with Gasteiger partial charge in [-0.2, -0.15) is 5.10 Å². The topological polar surface area (TPSA) is 100 Å². The van der Waals surface area contributed by atoms with Gasteiger partial charge < -0.3 is 15.2 Å². The van der Waals surface area contributed by atoms with Crippen LogP contribution in [0.1, 0.15) is 35.7 Å². The maximum atomic E-state index is 12.0. The van der Waals surface area contributed by atoms with Crippen LogP contribution in [0.5, 0.6) is 11.5 Å². The summed E-state index contributed by atoms with van der Waals surface area (Å²) in [5, 5.41) is 16.3. The van der Waals surface area contributed by atoms with Crippen molar-refractivity contribution in [3.05, 3.63) is 58.1 Å². The average Bonchev–Trinajstić information content (AvgIpc) is 2.68. The van der Waals surface area contributed by atoms with E-state index in [1.807, 2.05) is 13.0 Å². The predicted octanol–water partition coefficient (Wildman–Crippen LogP) is 3.21. The lowest BCUT2D eigenvalue weighted by atomic mass is 10.2. The summed E-state index contributed by atoms with van der Waals surface area (Å²) in [5.41, 5.74) is 3.67. The maximum Gasteiger partial charge on any atom is 0.252 e. The van der Waals surface area contributed by atoms with Crippen LogP contribution in [-0.2, 0) is 4.79 Å². The fraction of sp³-hybridized carbons (Fsp3) is 0.250. The van der Waals surface area contributed by atoms with E-state index >= 15 is 0 Å². The third kappa shape index (κ3) is 6.70. The molecular weight excluding hydrogens is 426 g/mol. The molecule has 3 N–H and O–H groups in total. The van der Waals surface area contributed by atoms with Gasteiger partial charge in [0.15, 0.2) is 11.5 Å². The minimum Gasteiger partial charge on any atom is -0.504 e. The van der Waals surface area contributed by atoms with Crippen molar-refractivity contribution in [1.82, 2.24) is 10.7 Å². The molecule has 0 spiro atoms. The minimum absolute atomic E-state index is 0.0487. The maximum absolute atomic E-state index is 12.0. The minimum atomic E-state index is -0.254. The van der Waals surface area contributed by atoms with E-state index < -0.39 is 0 Å². The molecule has 0 unspecified atom stereocenters. The Hall–Kier alpha value is -2.87. The highest BCUT2D eigenvalue weighted by Gasteiger charge is 2.08. The molecule has 2 aromatic carbocycles. The van der Waals surface area contributed by atoms with Gasteiger partial charge in [-0.1, -0.05) is 12.1 Å². The summed E-state index contributed by atoms with van der Waals surface area (Å²) in [7, 11) is 0. The molecule has 0 heterocycles. The standard InChI is InChI=1S/C20H22BrN3O4/c1-2-28-18-12-14(9-10-17(18)25)13-23-24-19(26)8-5-11-22-20(27)15-6-3-4-7-16(15)21/h3-4,6-7,9-10,12-13,25H,2,5,8,11H2,1H3,(H,22,27)(H,24,26). The molecule has 0 aliphatic carbocycles. The monoisotopic (exact) mass is 447 g/mol. The summed E-state index contributed by atoms with van der Waals surface area (Å²) in [5.74, 6) is -0.0373. The quantitative estimate of drug-likeness (QED) is 0.312. The highest BCUT2D eigenvalue weighted by Crippen LogP contribution is 2.26. The van der Waals surface area contributed by atoms with Crippen molar-refractivity contribution in [3.63, 3.8) is 0 Å². The van der Waals surface area contributed by atoms with Crippen molar-refractivity contribution in [3.8, 4) is 11.5 Å². The molecule has 0 radical (unpaired) electrons. The molecule has 0 aliphatic heterocycles. The zero-order valence-corrected chi connectivity index (χ0v) is 17.0. The molecule has 0 atom stereocenters. The van der Waals surface area contributed by atoms with E-state index in [1.54, 1.807) is 30.3 Å². The number of ether oxygens (including phenoxy) is 1. The van der Waals surface area contributed by atoms with Crippen LogP contribution in [0.3, 0.4) is 0 Å². The molecule has 8 heteroatoms. The Morgan fingerprint density at radius 1 is 1.25 bits per heavy atom. The van der Waals surface area contributed by atoms with Crippen molar-refractivity contribution in [2.75, 3.05) is 13.2 Å². The first-order valence-corrected chi connectivity index (χ1v) is 9.61. The van der Waals surface area contributed by atoms with Gasteiger partial charge in [-0.3, -0.25) is 9.59 Å². The Morgan fingerprint density at radius 2 is 2.04 bits per heavy atom. The molecule has 148 valence electrons. The lowest BCUT2D eigenvalue weighted by Gasteiger charge is -2.07. The molecule has 2 amide bonds. The average molecular weight is 448 g/mol. The molecule has 0 saturated heterocycles. The molecule has 0 aromatic heterocycles. The summed E-state index contributed by atoms with van der Waals surface area (Å²) >= 11 is 3.33. The lowest BCUT2D eigenvalue weighted by Crippen LogP contribution is -2.26. The van der Waals surface area contributed by atoms with Crippen LogP contribution < -0.4 is 15.5 Å². The van der Waals surface area contributed by atoms with Gasteiger partial charge in [-0.15, -0.1) is 0 Å². The number of nitrogens with one attached hydrogen (secondary N) is 2. The van der Waals surface area contributed by atoms with E-state index in [2.05, 4.69) is 31.8 Å². The van der Waals surface area contributed by atoms with Crippen molar-refractivity contribution in [2.45, 2.75) is 19.8 Å². The van der Waals surface area contributed by atoms with E-state index in [-0.39, 0.29) is 24.0 Å². The second kappa shape index (κ2) is 11.1. The fourth-order valence-corrected chi connectivity index (χ4v) is 2.77. The van der Waals surface area contributed by atoms with E-state index in [4.69, 9.17) is 4.74 Å². The number of phenolic OH excluding ortho intramolecular Hbond substituents is 1. The summed E-state index contributed by atoms with van der Waals surface area (Å²) in [4.78, 5) is 23.9. The van der Waals surface area contributed by atoms with Crippen molar-refractivity contribution < 1.29 is 19.4 Å². The molecule has 0 bridgehead atoms. The normalized spacial score (nSPS) is 10.6. The van der Waals surface area contributed by atoms with Crippen LogP contribution in [0, 0.1) is 0 Å². The zero-order valence-electron chi connectivity index (χ0n) is 15.4. The third-order valence-electron chi connectivity index (χ3n) is 3.67. The van der Waals surface area contributed by atoms with Gasteiger partial charge in [-0.25, -0.2) is 5.43 Å². The second-order valence-electron chi connectivity index (χ2n) is 5.79. The molecule has 0 saturated carbocycles. The number of nitrogens with zero attached hydrogens (tertiary/aromatic N) is 1. The second-order valence-corrected chi connectivity index (χ2v) is 6.65. The molecule has 7 nitrogen and oxygen atoms in total. The van der Waals surface area contributed by atoms with Crippen LogP contribution in [0.25, 0.3) is 0 Å². The van der Waals surface area contributed by atoms with Crippen LogP contribution in [0.15, 0.2) is 52.0 Å². The van der Waals surface area contributed by atoms with Crippen LogP contribution in [0.4, 0.5) is 0 Å². The third-order valence-corrected chi connectivity index (χ3v) is 4.36. The molecule has 2 rings (SSSR count). The Kier molecular flexibility index (Phi) is 8.48. The van der Waals surface area contributed by atoms with E-state index in [0.29, 0.717) is 36.4 Å². The Labute approximate surface area is 171 Å². The first-order chi connectivity index (χ1) is 13.5. The number of rotatable bonds is 9. The zero-order chi connectivity index (χ0) is 20.4. The SMILES string of the molecule is CCOc1cc(C=NNC(=O)CCCNC(=O)c2ccccc2Br)ccc1O. The lowest BCUT2D eigenvalue weighted by molar-refractivity contribution is -0.121. The molecule has 28 heavy (non-hydrogen) atoms. The Morgan fingerprint density at radius 3 is 2.79 bits per heavy atom. The van der Waals surface area contributed by atoms with Gasteiger partial charge in [0.05, 0.1) is 18.4 Å². The number of benzene rings is 2. The van der Waals surface area contributed by atoms with Gasteiger partial charge in [0.1, 0.15) is 0 Å². The predicted molar refractivity (Wildman–Crippen MR) is 111 cm³/mol. The Balaban J connectivity index is 1.71. The van der Waals surface area contributed by atoms with Gasteiger partial charge in [0.2, 0.25) is 5.91 Å².